The van der Waals surface area contributed by atoms with Gasteiger partial charge in [0.15, 0.2) is 0 Å². The van der Waals surface area contributed by atoms with Crippen LogP contribution in [0.1, 0.15) is 47.0 Å². The highest BCUT2D eigenvalue weighted by Gasteiger charge is 2.29. The van der Waals surface area contributed by atoms with Gasteiger partial charge in [-0.3, -0.25) is 0 Å². The zero-order valence-electron chi connectivity index (χ0n) is 8.96. The van der Waals surface area contributed by atoms with Crippen LogP contribution in [0.4, 0.5) is 0 Å². The van der Waals surface area contributed by atoms with Crippen LogP contribution in [0.3, 0.4) is 0 Å². The van der Waals surface area contributed by atoms with Gasteiger partial charge in [-0.25, -0.2) is 0 Å². The molecule has 0 aromatic heterocycles. The van der Waals surface area contributed by atoms with Gasteiger partial charge < -0.3 is 4.55 Å². The number of hydrogen-bond acceptors (Lipinski definition) is 2. The molecular formula is C10H19NOS. The lowest BCUT2D eigenvalue weighted by Crippen LogP contribution is -2.29. The van der Waals surface area contributed by atoms with Crippen molar-refractivity contribution >= 4 is 17.1 Å². The molecule has 0 N–H and O–H groups in total. The first-order valence-electron chi connectivity index (χ1n) is 4.88. The van der Waals surface area contributed by atoms with E-state index in [4.69, 9.17) is 0 Å². The van der Waals surface area contributed by atoms with Crippen molar-refractivity contribution in [2.75, 3.05) is 0 Å². The van der Waals surface area contributed by atoms with Crippen LogP contribution in [0, 0.1) is 5.92 Å². The van der Waals surface area contributed by atoms with Crippen molar-refractivity contribution in [3.63, 3.8) is 0 Å². The van der Waals surface area contributed by atoms with Crippen LogP contribution in [0.2, 0.25) is 0 Å². The van der Waals surface area contributed by atoms with E-state index in [1.54, 1.807) is 0 Å². The third kappa shape index (κ3) is 2.99. The van der Waals surface area contributed by atoms with Crippen LogP contribution in [0.25, 0.3) is 0 Å². The molecule has 0 aromatic rings. The van der Waals surface area contributed by atoms with E-state index in [9.17, 15) is 4.55 Å². The summed E-state index contributed by atoms with van der Waals surface area (Å²) >= 11 is -1.07. The highest BCUT2D eigenvalue weighted by atomic mass is 32.2. The highest BCUT2D eigenvalue weighted by molar-refractivity contribution is 7.91. The summed E-state index contributed by atoms with van der Waals surface area (Å²) in [6, 6.07) is 0. The normalized spacial score (nSPS) is 22.7. The first-order valence-corrected chi connectivity index (χ1v) is 5.99. The average Bonchev–Trinajstić information content (AvgIpc) is 1.79. The maximum Gasteiger partial charge on any atom is 0.144 e. The Kier molecular flexibility index (Phi) is 3.41. The predicted molar refractivity (Wildman–Crippen MR) is 58.3 cm³/mol. The van der Waals surface area contributed by atoms with Crippen molar-refractivity contribution in [2.24, 2.45) is 10.3 Å². The molecule has 1 rings (SSSR count). The van der Waals surface area contributed by atoms with Crippen LogP contribution in [0.5, 0.6) is 0 Å². The van der Waals surface area contributed by atoms with Gasteiger partial charge >= 0.3 is 0 Å². The van der Waals surface area contributed by atoms with E-state index in [0.29, 0.717) is 5.92 Å². The van der Waals surface area contributed by atoms with E-state index in [-0.39, 0.29) is 4.75 Å². The van der Waals surface area contributed by atoms with Crippen LogP contribution in [-0.2, 0) is 11.4 Å². The van der Waals surface area contributed by atoms with Crippen LogP contribution < -0.4 is 0 Å². The highest BCUT2D eigenvalue weighted by Crippen LogP contribution is 2.29. The van der Waals surface area contributed by atoms with Crippen LogP contribution in [-0.4, -0.2) is 15.0 Å². The maximum absolute atomic E-state index is 11.6. The molecule has 1 aliphatic rings. The van der Waals surface area contributed by atoms with Crippen molar-refractivity contribution in [1.82, 2.24) is 0 Å². The summed E-state index contributed by atoms with van der Waals surface area (Å²) in [6.45, 7) is 7.88. The second-order valence-corrected chi connectivity index (χ2v) is 6.63. The van der Waals surface area contributed by atoms with Gasteiger partial charge in [0.2, 0.25) is 0 Å². The maximum atomic E-state index is 11.6. The Morgan fingerprint density at radius 1 is 1.38 bits per heavy atom. The molecule has 3 heteroatoms. The minimum atomic E-state index is -1.07. The summed E-state index contributed by atoms with van der Waals surface area (Å²) in [7, 11) is 0. The van der Waals surface area contributed by atoms with Gasteiger partial charge in [-0.1, -0.05) is 10.8 Å². The molecule has 0 saturated heterocycles. The zero-order chi connectivity index (χ0) is 10.1. The smallest absolute Gasteiger partial charge is 0.144 e. The molecule has 0 radical (unpaired) electrons. The summed E-state index contributed by atoms with van der Waals surface area (Å²) in [4.78, 5) is 0. The monoisotopic (exact) mass is 201 g/mol. The molecule has 0 amide bonds. The molecule has 0 aliphatic heterocycles. The molecule has 76 valence electrons. The Labute approximate surface area is 84.1 Å². The summed E-state index contributed by atoms with van der Waals surface area (Å²) in [5.74, 6) is 0.617. The van der Waals surface area contributed by atoms with E-state index in [0.717, 1.165) is 5.71 Å². The van der Waals surface area contributed by atoms with Crippen molar-refractivity contribution in [1.29, 1.82) is 0 Å². The standard InChI is InChI=1S/C10H19NOS/c1-8(9-6-5-7-9)11-13(12)10(2,3)4/h9H,5-7H2,1-4H3/b11-8+. The number of nitrogens with zero attached hydrogens (tertiary/aromatic N) is 1. The third-order valence-electron chi connectivity index (χ3n) is 2.45. The predicted octanol–water partition coefficient (Wildman–Crippen LogP) is 2.71. The average molecular weight is 201 g/mol. The van der Waals surface area contributed by atoms with Crippen molar-refractivity contribution in [2.45, 2.75) is 51.7 Å². The summed E-state index contributed by atoms with van der Waals surface area (Å²) in [5, 5.41) is 0. The molecular weight excluding hydrogens is 182 g/mol. The van der Waals surface area contributed by atoms with Gasteiger partial charge in [-0.2, -0.15) is 0 Å². The second-order valence-electron chi connectivity index (χ2n) is 4.72. The van der Waals surface area contributed by atoms with Gasteiger partial charge in [0.05, 0.1) is 5.71 Å². The fourth-order valence-corrected chi connectivity index (χ4v) is 1.85. The van der Waals surface area contributed by atoms with Crippen molar-refractivity contribution in [3.05, 3.63) is 0 Å². The van der Waals surface area contributed by atoms with Crippen LogP contribution >= 0.6 is 0 Å². The molecule has 0 spiro atoms. The molecule has 1 fully saturated rings. The van der Waals surface area contributed by atoms with Gasteiger partial charge in [-0.05, 0) is 40.5 Å². The molecule has 13 heavy (non-hydrogen) atoms. The van der Waals surface area contributed by atoms with Gasteiger partial charge in [-0.15, -0.1) is 0 Å². The Bertz CT molecular complexity index is 203. The first-order chi connectivity index (χ1) is 5.91. The minimum Gasteiger partial charge on any atom is -0.591 e. The summed E-state index contributed by atoms with van der Waals surface area (Å²) in [5.41, 5.74) is 1.08. The van der Waals surface area contributed by atoms with E-state index in [2.05, 4.69) is 4.40 Å². The van der Waals surface area contributed by atoms with Crippen molar-refractivity contribution in [3.8, 4) is 0 Å². The molecule has 1 unspecified atom stereocenters. The second kappa shape index (κ2) is 4.01. The topological polar surface area (TPSA) is 35.4 Å². The van der Waals surface area contributed by atoms with Gasteiger partial charge in [0, 0.05) is 5.92 Å². The molecule has 0 aromatic carbocycles. The molecule has 2 nitrogen and oxygen atoms in total. The Balaban J connectivity index is 2.53. The molecule has 0 bridgehead atoms. The fraction of sp³-hybridized carbons (Fsp3) is 0.900. The number of rotatable bonds is 2. The van der Waals surface area contributed by atoms with E-state index < -0.39 is 11.4 Å². The zero-order valence-corrected chi connectivity index (χ0v) is 9.78. The Hall–Kier alpha value is -0.0200. The van der Waals surface area contributed by atoms with E-state index >= 15 is 0 Å². The molecule has 1 atom stereocenters. The lowest BCUT2D eigenvalue weighted by Gasteiger charge is -2.26. The lowest BCUT2D eigenvalue weighted by atomic mass is 9.82. The Morgan fingerprint density at radius 2 is 1.92 bits per heavy atom. The van der Waals surface area contributed by atoms with Gasteiger partial charge in [0.1, 0.15) is 16.1 Å². The molecule has 1 saturated carbocycles. The fourth-order valence-electron chi connectivity index (χ4n) is 1.17. The molecule has 1 aliphatic carbocycles. The quantitative estimate of drug-likeness (QED) is 0.500. The van der Waals surface area contributed by atoms with Crippen molar-refractivity contribution < 1.29 is 4.55 Å². The third-order valence-corrected chi connectivity index (χ3v) is 3.95. The minimum absolute atomic E-state index is 0.217. The largest absolute Gasteiger partial charge is 0.591 e. The summed E-state index contributed by atoms with van der Waals surface area (Å²) < 4.78 is 15.7. The lowest BCUT2D eigenvalue weighted by molar-refractivity contribution is 0.412. The Morgan fingerprint density at radius 3 is 2.23 bits per heavy atom. The summed E-state index contributed by atoms with van der Waals surface area (Å²) in [6.07, 6.45) is 3.77. The SMILES string of the molecule is C/C(=N\[S+]([O-])C(C)(C)C)C1CCC1. The molecule has 0 heterocycles. The van der Waals surface area contributed by atoms with Crippen LogP contribution in [0.15, 0.2) is 4.40 Å². The van der Waals surface area contributed by atoms with E-state index in [1.165, 1.54) is 19.3 Å². The van der Waals surface area contributed by atoms with Gasteiger partial charge in [0.25, 0.3) is 0 Å². The number of hydrogen-bond donors (Lipinski definition) is 0. The van der Waals surface area contributed by atoms with E-state index in [1.807, 2.05) is 27.7 Å². The first kappa shape index (κ1) is 11.1.